The number of amides is 2. The normalized spacial score (nSPS) is 13.3. The predicted molar refractivity (Wildman–Crippen MR) is 157 cm³/mol. The fourth-order valence-corrected chi connectivity index (χ4v) is 5.22. The minimum absolute atomic E-state index is 0.0878. The van der Waals surface area contributed by atoms with E-state index in [1.807, 2.05) is 20.9 Å². The molecule has 0 aliphatic carbocycles. The minimum atomic E-state index is -0.372. The largest absolute Gasteiger partial charge is 0.356 e. The number of rotatable bonds is 21. The first kappa shape index (κ1) is 35.6. The highest BCUT2D eigenvalue weighted by molar-refractivity contribution is 5.89. The summed E-state index contributed by atoms with van der Waals surface area (Å²) in [5.41, 5.74) is -0.547. The molecule has 0 aromatic carbocycles. The number of nitrogens with one attached hydrogen (secondary N) is 3. The SMILES string of the molecule is CCCCCCC(C)(C)C(=O)[C@H](CCCCNC(=O)CCCCCNC(=O)C(C)(C)CC(C)(C)C)NC. The third-order valence-corrected chi connectivity index (χ3v) is 7.18. The molecule has 0 radical (unpaired) electrons. The molecule has 37 heavy (non-hydrogen) atoms. The van der Waals surface area contributed by atoms with Crippen LogP contribution in [0.3, 0.4) is 0 Å². The fraction of sp³-hybridized carbons (Fsp3) is 0.903. The third-order valence-electron chi connectivity index (χ3n) is 7.18. The monoisotopic (exact) mass is 523 g/mol. The molecular formula is C31H61N3O3. The first-order valence-corrected chi connectivity index (χ1v) is 14.9. The predicted octanol–water partition coefficient (Wildman–Crippen LogP) is 6.57. The summed E-state index contributed by atoms with van der Waals surface area (Å²) in [6, 6.07) is -0.114. The van der Waals surface area contributed by atoms with E-state index in [4.69, 9.17) is 0 Å². The Hall–Kier alpha value is -1.43. The molecule has 1 atom stereocenters. The number of carbonyl (C=O) groups excluding carboxylic acids is 3. The van der Waals surface area contributed by atoms with Gasteiger partial charge >= 0.3 is 0 Å². The molecular weight excluding hydrogens is 462 g/mol. The summed E-state index contributed by atoms with van der Waals surface area (Å²) in [6.45, 7) is 18.2. The van der Waals surface area contributed by atoms with Crippen molar-refractivity contribution in [3.63, 3.8) is 0 Å². The van der Waals surface area contributed by atoms with Gasteiger partial charge in [0.05, 0.1) is 6.04 Å². The van der Waals surface area contributed by atoms with Crippen LogP contribution in [0.4, 0.5) is 0 Å². The van der Waals surface area contributed by atoms with Crippen molar-refractivity contribution >= 4 is 17.6 Å². The number of hydrogen-bond donors (Lipinski definition) is 3. The maximum Gasteiger partial charge on any atom is 0.225 e. The van der Waals surface area contributed by atoms with Gasteiger partial charge in [-0.15, -0.1) is 0 Å². The van der Waals surface area contributed by atoms with Crippen LogP contribution >= 0.6 is 0 Å². The molecule has 0 spiro atoms. The summed E-state index contributed by atoms with van der Waals surface area (Å²) >= 11 is 0. The third kappa shape index (κ3) is 16.9. The van der Waals surface area contributed by atoms with Gasteiger partial charge in [-0.25, -0.2) is 0 Å². The Bertz CT molecular complexity index is 665. The van der Waals surface area contributed by atoms with Crippen LogP contribution in [-0.4, -0.2) is 43.8 Å². The summed E-state index contributed by atoms with van der Waals surface area (Å²) in [4.78, 5) is 37.6. The molecule has 3 N–H and O–H groups in total. The number of Topliss-reactive ketones (excluding diaryl/α,β-unsaturated/α-hetero) is 1. The molecule has 2 amide bonds. The lowest BCUT2D eigenvalue weighted by atomic mass is 9.76. The molecule has 0 saturated carbocycles. The molecule has 0 fully saturated rings. The average Bonchev–Trinajstić information content (AvgIpc) is 2.79. The van der Waals surface area contributed by atoms with Crippen molar-refractivity contribution in [1.29, 1.82) is 0 Å². The van der Waals surface area contributed by atoms with Crippen LogP contribution in [0.1, 0.15) is 139 Å². The lowest BCUT2D eigenvalue weighted by Gasteiger charge is -2.31. The second-order valence-corrected chi connectivity index (χ2v) is 13.4. The first-order valence-electron chi connectivity index (χ1n) is 14.9. The number of likely N-dealkylation sites (N-methyl/N-ethyl adjacent to an activating group) is 1. The lowest BCUT2D eigenvalue weighted by Crippen LogP contribution is -2.42. The molecule has 0 aromatic heterocycles. The number of carbonyl (C=O) groups is 3. The molecule has 0 aliphatic heterocycles. The minimum Gasteiger partial charge on any atom is -0.356 e. The summed E-state index contributed by atoms with van der Waals surface area (Å²) < 4.78 is 0. The van der Waals surface area contributed by atoms with Crippen LogP contribution in [0.25, 0.3) is 0 Å². The molecule has 218 valence electrons. The Kier molecular flexibility index (Phi) is 17.3. The fourth-order valence-electron chi connectivity index (χ4n) is 5.22. The smallest absolute Gasteiger partial charge is 0.225 e. The number of ketones is 1. The standard InChI is InChI=1S/C31H61N3O3/c1-10-11-12-16-21-30(5,6)27(36)25(32-9)19-15-18-22-33-26(35)20-14-13-17-23-34-28(37)31(7,8)24-29(2,3)4/h25,32H,10-24H2,1-9H3,(H,33,35)(H,34,37)/t25-/m0/s1. The quantitative estimate of drug-likeness (QED) is 0.149. The molecule has 0 aliphatic rings. The Morgan fingerprint density at radius 1 is 0.703 bits per heavy atom. The molecule has 0 heterocycles. The van der Waals surface area contributed by atoms with E-state index >= 15 is 0 Å². The first-order chi connectivity index (χ1) is 17.2. The van der Waals surface area contributed by atoms with Crippen LogP contribution in [0.15, 0.2) is 0 Å². The van der Waals surface area contributed by atoms with E-state index < -0.39 is 0 Å². The van der Waals surface area contributed by atoms with Gasteiger partial charge in [-0.2, -0.15) is 0 Å². The Balaban J connectivity index is 4.01. The highest BCUT2D eigenvalue weighted by Crippen LogP contribution is 2.33. The van der Waals surface area contributed by atoms with Gasteiger partial charge in [0, 0.05) is 30.3 Å². The topological polar surface area (TPSA) is 87.3 Å². The van der Waals surface area contributed by atoms with Crippen molar-refractivity contribution in [3.05, 3.63) is 0 Å². The molecule has 0 rings (SSSR count). The van der Waals surface area contributed by atoms with Crippen LogP contribution in [0, 0.1) is 16.2 Å². The number of unbranched alkanes of at least 4 members (excludes halogenated alkanes) is 6. The average molecular weight is 524 g/mol. The van der Waals surface area contributed by atoms with E-state index in [1.165, 1.54) is 19.3 Å². The molecule has 0 saturated heterocycles. The Morgan fingerprint density at radius 2 is 1.30 bits per heavy atom. The van der Waals surface area contributed by atoms with Gasteiger partial charge in [-0.3, -0.25) is 14.4 Å². The van der Waals surface area contributed by atoms with Gasteiger partial charge in [-0.1, -0.05) is 87.5 Å². The molecule has 6 heteroatoms. The molecule has 6 nitrogen and oxygen atoms in total. The molecule has 0 unspecified atom stereocenters. The van der Waals surface area contributed by atoms with Crippen molar-refractivity contribution in [3.8, 4) is 0 Å². The van der Waals surface area contributed by atoms with Gasteiger partial charge in [0.25, 0.3) is 0 Å². The summed E-state index contributed by atoms with van der Waals surface area (Å²) in [6.07, 6.45) is 12.3. The zero-order chi connectivity index (χ0) is 28.5. The highest BCUT2D eigenvalue weighted by Gasteiger charge is 2.33. The van der Waals surface area contributed by atoms with E-state index in [-0.39, 0.29) is 34.1 Å². The van der Waals surface area contributed by atoms with E-state index in [0.717, 1.165) is 57.8 Å². The summed E-state index contributed by atoms with van der Waals surface area (Å²) in [5.74, 6) is 0.507. The second kappa shape index (κ2) is 18.0. The van der Waals surface area contributed by atoms with Crippen LogP contribution in [0.5, 0.6) is 0 Å². The van der Waals surface area contributed by atoms with Gasteiger partial charge < -0.3 is 16.0 Å². The van der Waals surface area contributed by atoms with Gasteiger partial charge in [0.2, 0.25) is 11.8 Å². The van der Waals surface area contributed by atoms with Crippen molar-refractivity contribution < 1.29 is 14.4 Å². The Morgan fingerprint density at radius 3 is 1.89 bits per heavy atom. The van der Waals surface area contributed by atoms with Crippen molar-refractivity contribution in [2.75, 3.05) is 20.1 Å². The van der Waals surface area contributed by atoms with Gasteiger partial charge in [0.15, 0.2) is 5.78 Å². The van der Waals surface area contributed by atoms with E-state index in [9.17, 15) is 14.4 Å². The lowest BCUT2D eigenvalue weighted by molar-refractivity contribution is -0.131. The second-order valence-electron chi connectivity index (χ2n) is 13.4. The van der Waals surface area contributed by atoms with Gasteiger partial charge in [-0.05, 0) is 57.4 Å². The van der Waals surface area contributed by atoms with Crippen LogP contribution < -0.4 is 16.0 Å². The Labute approximate surface area is 229 Å². The maximum atomic E-state index is 13.0. The highest BCUT2D eigenvalue weighted by atomic mass is 16.2. The van der Waals surface area contributed by atoms with Crippen molar-refractivity contribution in [1.82, 2.24) is 16.0 Å². The summed E-state index contributed by atoms with van der Waals surface area (Å²) in [5, 5.41) is 9.29. The maximum absolute atomic E-state index is 13.0. The number of hydrogen-bond acceptors (Lipinski definition) is 4. The van der Waals surface area contributed by atoms with Gasteiger partial charge in [0.1, 0.15) is 0 Å². The van der Waals surface area contributed by atoms with Crippen molar-refractivity contribution in [2.24, 2.45) is 16.2 Å². The van der Waals surface area contributed by atoms with E-state index in [2.05, 4.69) is 57.5 Å². The van der Waals surface area contributed by atoms with E-state index in [1.54, 1.807) is 0 Å². The van der Waals surface area contributed by atoms with Crippen molar-refractivity contribution in [2.45, 2.75) is 145 Å². The van der Waals surface area contributed by atoms with Crippen LogP contribution in [-0.2, 0) is 14.4 Å². The van der Waals surface area contributed by atoms with Crippen LogP contribution in [0.2, 0.25) is 0 Å². The summed E-state index contributed by atoms with van der Waals surface area (Å²) in [7, 11) is 1.87. The zero-order valence-corrected chi connectivity index (χ0v) is 25.9. The zero-order valence-electron chi connectivity index (χ0n) is 25.9. The molecule has 0 bridgehead atoms. The van der Waals surface area contributed by atoms with E-state index in [0.29, 0.717) is 25.3 Å². The molecule has 0 aromatic rings.